The van der Waals surface area contributed by atoms with Crippen molar-refractivity contribution in [1.29, 1.82) is 0 Å². The van der Waals surface area contributed by atoms with Crippen LogP contribution in [0.3, 0.4) is 0 Å². The maximum atomic E-state index is 12.4. The Bertz CT molecular complexity index is 694. The van der Waals surface area contributed by atoms with E-state index in [1.807, 2.05) is 0 Å². The molecule has 2 aromatic rings. The lowest BCUT2D eigenvalue weighted by Gasteiger charge is -2.15. The molecule has 1 amide bonds. The highest BCUT2D eigenvalue weighted by molar-refractivity contribution is 5.96. The fraction of sp³-hybridized carbons (Fsp3) is 0.400. The molecule has 2 aromatic heterocycles. The van der Waals surface area contributed by atoms with Gasteiger partial charge in [-0.2, -0.15) is 0 Å². The molecule has 7 heteroatoms. The molecule has 0 aliphatic carbocycles. The van der Waals surface area contributed by atoms with Gasteiger partial charge in [-0.05, 0) is 26.8 Å². The van der Waals surface area contributed by atoms with E-state index < -0.39 is 5.97 Å². The molecule has 0 aliphatic heterocycles. The van der Waals surface area contributed by atoms with Gasteiger partial charge in [0.05, 0.1) is 19.3 Å². The Hall–Kier alpha value is -2.57. The summed E-state index contributed by atoms with van der Waals surface area (Å²) in [5.74, 6) is 0.748. The molecular weight excluding hydrogens is 288 g/mol. The lowest BCUT2D eigenvalue weighted by atomic mass is 10.2. The number of esters is 1. The molecule has 0 unspecified atom stereocenters. The number of hydrogen-bond acceptors (Lipinski definition) is 6. The molecule has 0 saturated heterocycles. The van der Waals surface area contributed by atoms with Gasteiger partial charge in [-0.3, -0.25) is 4.79 Å². The number of aryl methyl sites for hydroxylation is 3. The van der Waals surface area contributed by atoms with Crippen molar-refractivity contribution < 1.29 is 23.3 Å². The van der Waals surface area contributed by atoms with Gasteiger partial charge in [0, 0.05) is 7.05 Å². The topological polar surface area (TPSA) is 85.8 Å². The molecule has 0 radical (unpaired) electrons. The van der Waals surface area contributed by atoms with Crippen molar-refractivity contribution in [3.05, 3.63) is 40.2 Å². The monoisotopic (exact) mass is 306 g/mol. The van der Waals surface area contributed by atoms with Gasteiger partial charge in [0.25, 0.3) is 5.91 Å². The minimum atomic E-state index is -0.466. The van der Waals surface area contributed by atoms with Crippen LogP contribution in [0.2, 0.25) is 0 Å². The van der Waals surface area contributed by atoms with Gasteiger partial charge in [0.2, 0.25) is 0 Å². The molecule has 0 N–H and O–H groups in total. The molecule has 118 valence electrons. The van der Waals surface area contributed by atoms with Crippen molar-refractivity contribution in [3.63, 3.8) is 0 Å². The number of aromatic nitrogens is 1. The van der Waals surface area contributed by atoms with Crippen molar-refractivity contribution in [2.75, 3.05) is 14.2 Å². The van der Waals surface area contributed by atoms with Crippen LogP contribution in [0, 0.1) is 20.8 Å². The molecule has 0 aromatic carbocycles. The zero-order valence-electron chi connectivity index (χ0n) is 13.2. The van der Waals surface area contributed by atoms with E-state index in [9.17, 15) is 9.59 Å². The lowest BCUT2D eigenvalue weighted by molar-refractivity contribution is 0.0598. The highest BCUT2D eigenvalue weighted by Crippen LogP contribution is 2.19. The van der Waals surface area contributed by atoms with Crippen LogP contribution in [0.4, 0.5) is 0 Å². The highest BCUT2D eigenvalue weighted by atomic mass is 16.5. The molecular formula is C15H18N2O5. The van der Waals surface area contributed by atoms with E-state index in [1.54, 1.807) is 33.9 Å². The van der Waals surface area contributed by atoms with Crippen molar-refractivity contribution in [1.82, 2.24) is 10.1 Å². The Morgan fingerprint density at radius 1 is 1.27 bits per heavy atom. The Labute approximate surface area is 127 Å². The molecule has 0 atom stereocenters. The molecule has 0 spiro atoms. The Kier molecular flexibility index (Phi) is 4.35. The summed E-state index contributed by atoms with van der Waals surface area (Å²) in [6.07, 6.45) is 0. The summed E-state index contributed by atoms with van der Waals surface area (Å²) in [6, 6.07) is 1.58. The van der Waals surface area contributed by atoms with Crippen LogP contribution in [0.15, 0.2) is 15.0 Å². The summed E-state index contributed by atoms with van der Waals surface area (Å²) < 4.78 is 15.2. The minimum absolute atomic E-state index is 0.218. The van der Waals surface area contributed by atoms with Gasteiger partial charge in [-0.1, -0.05) is 5.16 Å². The number of furan rings is 1. The maximum absolute atomic E-state index is 12.4. The van der Waals surface area contributed by atoms with Gasteiger partial charge >= 0.3 is 5.97 Å². The van der Waals surface area contributed by atoms with Gasteiger partial charge in [-0.15, -0.1) is 0 Å². The van der Waals surface area contributed by atoms with Crippen LogP contribution >= 0.6 is 0 Å². The van der Waals surface area contributed by atoms with Crippen molar-refractivity contribution in [3.8, 4) is 0 Å². The fourth-order valence-electron chi connectivity index (χ4n) is 2.22. The van der Waals surface area contributed by atoms with Crippen molar-refractivity contribution in [2.45, 2.75) is 27.3 Å². The number of methoxy groups -OCH3 is 1. The molecule has 0 saturated carbocycles. The molecule has 2 rings (SSSR count). The number of carbonyl (C=O) groups excluding carboxylic acids is 2. The van der Waals surface area contributed by atoms with E-state index in [1.165, 1.54) is 12.0 Å². The van der Waals surface area contributed by atoms with E-state index in [2.05, 4.69) is 9.89 Å². The second-order valence-electron chi connectivity index (χ2n) is 5.03. The summed E-state index contributed by atoms with van der Waals surface area (Å²) >= 11 is 0. The number of nitrogens with zero attached hydrogens (tertiary/aromatic N) is 2. The van der Waals surface area contributed by atoms with Crippen LogP contribution < -0.4 is 0 Å². The van der Waals surface area contributed by atoms with Gasteiger partial charge in [0.1, 0.15) is 28.4 Å². The Balaban J connectivity index is 2.17. The number of amides is 1. The van der Waals surface area contributed by atoms with E-state index in [0.717, 1.165) is 0 Å². The van der Waals surface area contributed by atoms with Crippen molar-refractivity contribution in [2.24, 2.45) is 0 Å². The predicted octanol–water partition coefficient (Wildman–Crippen LogP) is 2.25. The summed E-state index contributed by atoms with van der Waals surface area (Å²) in [5.41, 5.74) is 1.34. The maximum Gasteiger partial charge on any atom is 0.341 e. The fourth-order valence-corrected chi connectivity index (χ4v) is 2.22. The Morgan fingerprint density at radius 3 is 2.50 bits per heavy atom. The first-order valence-electron chi connectivity index (χ1n) is 6.71. The third-order valence-electron chi connectivity index (χ3n) is 3.36. The average molecular weight is 306 g/mol. The average Bonchev–Trinajstić information content (AvgIpc) is 3.00. The molecule has 22 heavy (non-hydrogen) atoms. The van der Waals surface area contributed by atoms with Gasteiger partial charge < -0.3 is 18.6 Å². The summed E-state index contributed by atoms with van der Waals surface area (Å²) in [5, 5.41) is 3.77. The van der Waals surface area contributed by atoms with E-state index in [0.29, 0.717) is 34.1 Å². The first kappa shape index (κ1) is 15.8. The highest BCUT2D eigenvalue weighted by Gasteiger charge is 2.23. The standard InChI is InChI=1S/C15H18N2O5/c1-8-13(10(3)22-16-8)14(18)17(4)7-11-6-12(9(2)21-11)15(19)20-5/h6H,7H2,1-5H3. The smallest absolute Gasteiger partial charge is 0.341 e. The third kappa shape index (κ3) is 2.88. The summed E-state index contributed by atoms with van der Waals surface area (Å²) in [4.78, 5) is 25.5. The number of ether oxygens (including phenoxy) is 1. The van der Waals surface area contributed by atoms with Crippen LogP contribution in [0.1, 0.15) is 43.7 Å². The molecule has 2 heterocycles. The first-order valence-corrected chi connectivity index (χ1v) is 6.71. The van der Waals surface area contributed by atoms with Gasteiger partial charge in [0.15, 0.2) is 0 Å². The molecule has 7 nitrogen and oxygen atoms in total. The van der Waals surface area contributed by atoms with Crippen LogP contribution in [-0.2, 0) is 11.3 Å². The molecule has 0 bridgehead atoms. The summed E-state index contributed by atoms with van der Waals surface area (Å²) in [7, 11) is 2.95. The zero-order valence-corrected chi connectivity index (χ0v) is 13.2. The first-order chi connectivity index (χ1) is 10.3. The molecule has 0 aliphatic rings. The quantitative estimate of drug-likeness (QED) is 0.805. The largest absolute Gasteiger partial charge is 0.465 e. The second kappa shape index (κ2) is 6.05. The normalized spacial score (nSPS) is 10.6. The number of hydrogen-bond donors (Lipinski definition) is 0. The summed E-state index contributed by atoms with van der Waals surface area (Å²) in [6.45, 7) is 5.30. The molecule has 0 fully saturated rings. The Morgan fingerprint density at radius 2 is 1.95 bits per heavy atom. The zero-order chi connectivity index (χ0) is 16.4. The lowest BCUT2D eigenvalue weighted by Crippen LogP contribution is -2.26. The predicted molar refractivity (Wildman–Crippen MR) is 76.6 cm³/mol. The third-order valence-corrected chi connectivity index (χ3v) is 3.36. The number of carbonyl (C=O) groups is 2. The number of rotatable bonds is 4. The van der Waals surface area contributed by atoms with Crippen LogP contribution in [0.5, 0.6) is 0 Å². The van der Waals surface area contributed by atoms with Gasteiger partial charge in [-0.25, -0.2) is 4.79 Å². The van der Waals surface area contributed by atoms with Crippen LogP contribution in [0.25, 0.3) is 0 Å². The SMILES string of the molecule is COC(=O)c1cc(CN(C)C(=O)c2c(C)noc2C)oc1C. The minimum Gasteiger partial charge on any atom is -0.465 e. The van der Waals surface area contributed by atoms with E-state index in [4.69, 9.17) is 8.94 Å². The van der Waals surface area contributed by atoms with E-state index >= 15 is 0 Å². The van der Waals surface area contributed by atoms with Crippen LogP contribution in [-0.4, -0.2) is 36.1 Å². The van der Waals surface area contributed by atoms with Crippen molar-refractivity contribution >= 4 is 11.9 Å². The van der Waals surface area contributed by atoms with E-state index in [-0.39, 0.29) is 12.5 Å². The second-order valence-corrected chi connectivity index (χ2v) is 5.03.